The van der Waals surface area contributed by atoms with Gasteiger partial charge in [-0.1, -0.05) is 31.0 Å². The molecular weight excluding hydrogens is 405 g/mol. The molecule has 2 N–H and O–H groups in total. The molecule has 0 spiro atoms. The van der Waals surface area contributed by atoms with Crippen molar-refractivity contribution >= 4 is 17.6 Å². The minimum Gasteiger partial charge on any atom is -0.356 e. The number of nitrogens with zero attached hydrogens (tertiary/aromatic N) is 5. The molecule has 2 unspecified atom stereocenters. The molecule has 0 saturated carbocycles. The Morgan fingerprint density at radius 2 is 2.13 bits per heavy atom. The quantitative estimate of drug-likeness (QED) is 0.397. The standard InChI is InChI=1S/C21H31ClFN7/c1-5-6-10-24-21(25-13-19-28-27-14(2)30(19)4)26-18-9-11-29(3)20(18)15-7-8-16(22)17(23)12-15/h7-8,12,18,20H,5-6,9-11,13H2,1-4H3,(H2,24,25,26). The number of aromatic nitrogens is 3. The first kappa shape index (κ1) is 22.5. The average Bonchev–Trinajstić information content (AvgIpc) is 3.24. The summed E-state index contributed by atoms with van der Waals surface area (Å²) in [5, 5.41) is 15.4. The van der Waals surface area contributed by atoms with Crippen molar-refractivity contribution < 1.29 is 4.39 Å². The van der Waals surface area contributed by atoms with E-state index in [-0.39, 0.29) is 22.9 Å². The predicted molar refractivity (Wildman–Crippen MR) is 118 cm³/mol. The number of hydrogen-bond donors (Lipinski definition) is 2. The van der Waals surface area contributed by atoms with E-state index in [2.05, 4.69) is 39.7 Å². The van der Waals surface area contributed by atoms with Crippen molar-refractivity contribution in [1.82, 2.24) is 30.3 Å². The fourth-order valence-corrected chi connectivity index (χ4v) is 3.85. The second kappa shape index (κ2) is 10.2. The molecule has 30 heavy (non-hydrogen) atoms. The molecular formula is C21H31ClFN7. The summed E-state index contributed by atoms with van der Waals surface area (Å²) in [5.41, 5.74) is 0.909. The van der Waals surface area contributed by atoms with E-state index in [0.29, 0.717) is 6.54 Å². The maximum Gasteiger partial charge on any atom is 0.191 e. The number of likely N-dealkylation sites (tertiary alicyclic amines) is 1. The number of benzene rings is 1. The lowest BCUT2D eigenvalue weighted by atomic mass is 10.00. The van der Waals surface area contributed by atoms with Gasteiger partial charge in [0, 0.05) is 26.2 Å². The van der Waals surface area contributed by atoms with Crippen LogP contribution in [0.4, 0.5) is 4.39 Å². The Labute approximate surface area is 182 Å². The maximum absolute atomic E-state index is 14.1. The van der Waals surface area contributed by atoms with Crippen LogP contribution >= 0.6 is 11.6 Å². The fourth-order valence-electron chi connectivity index (χ4n) is 3.73. The van der Waals surface area contributed by atoms with Gasteiger partial charge in [0.15, 0.2) is 11.8 Å². The van der Waals surface area contributed by atoms with Crippen molar-refractivity contribution in [1.29, 1.82) is 0 Å². The highest BCUT2D eigenvalue weighted by Crippen LogP contribution is 2.32. The summed E-state index contributed by atoms with van der Waals surface area (Å²) in [6.45, 7) is 6.26. The van der Waals surface area contributed by atoms with E-state index in [4.69, 9.17) is 16.6 Å². The van der Waals surface area contributed by atoms with Crippen LogP contribution in [0.15, 0.2) is 23.2 Å². The van der Waals surface area contributed by atoms with Gasteiger partial charge in [-0.2, -0.15) is 0 Å². The van der Waals surface area contributed by atoms with Crippen molar-refractivity contribution in [3.05, 3.63) is 46.3 Å². The zero-order chi connectivity index (χ0) is 21.7. The monoisotopic (exact) mass is 435 g/mol. The molecule has 2 aromatic rings. The summed E-state index contributed by atoms with van der Waals surface area (Å²) in [4.78, 5) is 6.98. The van der Waals surface area contributed by atoms with E-state index in [0.717, 1.165) is 55.5 Å². The predicted octanol–water partition coefficient (Wildman–Crippen LogP) is 3.20. The van der Waals surface area contributed by atoms with Crippen LogP contribution in [0, 0.1) is 12.7 Å². The minimum atomic E-state index is -0.388. The SMILES string of the molecule is CCCCNC(=NCc1nnc(C)n1C)NC1CCN(C)C1c1ccc(Cl)c(F)c1. The van der Waals surface area contributed by atoms with Crippen molar-refractivity contribution in [3.63, 3.8) is 0 Å². The van der Waals surface area contributed by atoms with Gasteiger partial charge in [-0.15, -0.1) is 10.2 Å². The molecule has 1 aromatic carbocycles. The van der Waals surface area contributed by atoms with Crippen molar-refractivity contribution in [3.8, 4) is 0 Å². The van der Waals surface area contributed by atoms with E-state index in [1.54, 1.807) is 6.07 Å². The van der Waals surface area contributed by atoms with E-state index >= 15 is 0 Å². The Morgan fingerprint density at radius 1 is 1.33 bits per heavy atom. The third-order valence-corrected chi connectivity index (χ3v) is 5.95. The molecule has 1 aromatic heterocycles. The van der Waals surface area contributed by atoms with Crippen molar-refractivity contribution in [2.75, 3.05) is 20.1 Å². The topological polar surface area (TPSA) is 70.4 Å². The second-order valence-corrected chi connectivity index (χ2v) is 8.21. The molecule has 0 amide bonds. The van der Waals surface area contributed by atoms with Gasteiger partial charge in [0.25, 0.3) is 0 Å². The highest BCUT2D eigenvalue weighted by molar-refractivity contribution is 6.30. The van der Waals surface area contributed by atoms with Gasteiger partial charge < -0.3 is 15.2 Å². The van der Waals surface area contributed by atoms with Gasteiger partial charge in [0.1, 0.15) is 18.2 Å². The van der Waals surface area contributed by atoms with Crippen LogP contribution in [0.1, 0.15) is 49.4 Å². The third kappa shape index (κ3) is 5.29. The zero-order valence-corrected chi connectivity index (χ0v) is 18.9. The largest absolute Gasteiger partial charge is 0.356 e. The summed E-state index contributed by atoms with van der Waals surface area (Å²) < 4.78 is 16.0. The van der Waals surface area contributed by atoms with Crippen LogP contribution in [0.5, 0.6) is 0 Å². The molecule has 1 aliphatic heterocycles. The molecule has 7 nitrogen and oxygen atoms in total. The molecule has 2 atom stereocenters. The van der Waals surface area contributed by atoms with E-state index in [9.17, 15) is 4.39 Å². The molecule has 2 heterocycles. The van der Waals surface area contributed by atoms with Crippen molar-refractivity contribution in [2.24, 2.45) is 12.0 Å². The number of guanidine groups is 1. The zero-order valence-electron chi connectivity index (χ0n) is 18.1. The number of hydrogen-bond acceptors (Lipinski definition) is 4. The van der Waals surface area contributed by atoms with Crippen molar-refractivity contribution in [2.45, 2.75) is 51.7 Å². The number of nitrogens with one attached hydrogen (secondary N) is 2. The number of likely N-dealkylation sites (N-methyl/N-ethyl adjacent to an activating group) is 1. The van der Waals surface area contributed by atoms with Crippen LogP contribution < -0.4 is 10.6 Å². The fraction of sp³-hybridized carbons (Fsp3) is 0.571. The normalized spacial score (nSPS) is 20.0. The van der Waals surface area contributed by atoms with E-state index in [1.807, 2.05) is 24.6 Å². The summed E-state index contributed by atoms with van der Waals surface area (Å²) in [6.07, 6.45) is 3.09. The molecule has 1 saturated heterocycles. The Kier molecular flexibility index (Phi) is 7.66. The lowest BCUT2D eigenvalue weighted by Gasteiger charge is -2.27. The van der Waals surface area contributed by atoms with Crippen LogP contribution in [0.3, 0.4) is 0 Å². The van der Waals surface area contributed by atoms with Crippen LogP contribution in [-0.2, 0) is 13.6 Å². The Morgan fingerprint density at radius 3 is 2.80 bits per heavy atom. The molecule has 0 radical (unpaired) electrons. The van der Waals surface area contributed by atoms with Gasteiger partial charge in [-0.05, 0) is 44.5 Å². The lowest BCUT2D eigenvalue weighted by Crippen LogP contribution is -2.46. The number of rotatable bonds is 7. The smallest absolute Gasteiger partial charge is 0.191 e. The second-order valence-electron chi connectivity index (χ2n) is 7.81. The lowest BCUT2D eigenvalue weighted by molar-refractivity contribution is 0.296. The average molecular weight is 436 g/mol. The number of unbranched alkanes of at least 4 members (excludes halogenated alkanes) is 1. The van der Waals surface area contributed by atoms with Gasteiger partial charge in [0.05, 0.1) is 11.1 Å². The Balaban J connectivity index is 1.78. The molecule has 1 fully saturated rings. The number of aryl methyl sites for hydroxylation is 1. The Bertz CT molecular complexity index is 882. The van der Waals surface area contributed by atoms with Crippen LogP contribution in [0.25, 0.3) is 0 Å². The number of aliphatic imine (C=N–C) groups is 1. The number of halogens is 2. The first-order valence-electron chi connectivity index (χ1n) is 10.5. The minimum absolute atomic E-state index is 0.0343. The molecule has 9 heteroatoms. The van der Waals surface area contributed by atoms with Gasteiger partial charge in [-0.3, -0.25) is 4.90 Å². The molecule has 164 valence electrons. The van der Waals surface area contributed by atoms with Gasteiger partial charge >= 0.3 is 0 Å². The molecule has 0 aliphatic carbocycles. The first-order valence-corrected chi connectivity index (χ1v) is 10.8. The van der Waals surface area contributed by atoms with Crippen LogP contribution in [-0.4, -0.2) is 51.8 Å². The summed E-state index contributed by atoms with van der Waals surface area (Å²) in [7, 11) is 4.00. The highest BCUT2D eigenvalue weighted by atomic mass is 35.5. The van der Waals surface area contributed by atoms with E-state index < -0.39 is 0 Å². The van der Waals surface area contributed by atoms with Gasteiger partial charge in [-0.25, -0.2) is 9.38 Å². The van der Waals surface area contributed by atoms with Gasteiger partial charge in [0.2, 0.25) is 0 Å². The Hall–Kier alpha value is -2.19. The first-order chi connectivity index (χ1) is 14.4. The molecule has 0 bridgehead atoms. The maximum atomic E-state index is 14.1. The van der Waals surface area contributed by atoms with E-state index in [1.165, 1.54) is 6.07 Å². The molecule has 1 aliphatic rings. The highest BCUT2D eigenvalue weighted by Gasteiger charge is 2.34. The molecule has 3 rings (SSSR count). The summed E-state index contributed by atoms with van der Waals surface area (Å²) in [6, 6.07) is 5.20. The summed E-state index contributed by atoms with van der Waals surface area (Å²) in [5.74, 6) is 2.02. The summed E-state index contributed by atoms with van der Waals surface area (Å²) >= 11 is 5.88. The van der Waals surface area contributed by atoms with Crippen LogP contribution in [0.2, 0.25) is 5.02 Å². The third-order valence-electron chi connectivity index (χ3n) is 5.64.